The Bertz CT molecular complexity index is 758. The number of carbonyl (C=O) groups is 1. The molecular formula is C13H13N5O3S. The molecule has 0 aliphatic carbocycles. The highest BCUT2D eigenvalue weighted by molar-refractivity contribution is 7.22. The Morgan fingerprint density at radius 1 is 1.32 bits per heavy atom. The lowest BCUT2D eigenvalue weighted by molar-refractivity contribution is -0.116. The van der Waals surface area contributed by atoms with Gasteiger partial charge in [-0.25, -0.2) is 14.6 Å². The first kappa shape index (κ1) is 14.3. The summed E-state index contributed by atoms with van der Waals surface area (Å²) in [5.74, 6) is 1.00. The van der Waals surface area contributed by atoms with Crippen molar-refractivity contribution in [1.82, 2.24) is 19.7 Å². The molecule has 0 atom stereocenters. The SMILES string of the molecule is COc1cc2nc(NC(=O)Cn3cncn3)sc2cc1OC. The number of nitrogens with zero attached hydrogens (tertiary/aromatic N) is 4. The summed E-state index contributed by atoms with van der Waals surface area (Å²) >= 11 is 1.36. The van der Waals surface area contributed by atoms with E-state index in [4.69, 9.17) is 9.47 Å². The van der Waals surface area contributed by atoms with Gasteiger partial charge in [-0.3, -0.25) is 4.79 Å². The van der Waals surface area contributed by atoms with Crippen LogP contribution in [0, 0.1) is 0 Å². The molecule has 1 N–H and O–H groups in total. The topological polar surface area (TPSA) is 91.2 Å². The molecule has 114 valence electrons. The average Bonchev–Trinajstić information content (AvgIpc) is 3.13. The number of fused-ring (bicyclic) bond motifs is 1. The van der Waals surface area contributed by atoms with Crippen molar-refractivity contribution in [2.24, 2.45) is 0 Å². The second kappa shape index (κ2) is 5.98. The minimum atomic E-state index is -0.219. The van der Waals surface area contributed by atoms with Gasteiger partial charge in [0.05, 0.1) is 24.4 Å². The fraction of sp³-hybridized carbons (Fsp3) is 0.231. The summed E-state index contributed by atoms with van der Waals surface area (Å²) in [4.78, 5) is 20.1. The Morgan fingerprint density at radius 3 is 2.77 bits per heavy atom. The van der Waals surface area contributed by atoms with Crippen molar-refractivity contribution in [1.29, 1.82) is 0 Å². The highest BCUT2D eigenvalue weighted by Crippen LogP contribution is 2.36. The second-order valence-electron chi connectivity index (χ2n) is 4.34. The van der Waals surface area contributed by atoms with Gasteiger partial charge in [0.15, 0.2) is 16.6 Å². The van der Waals surface area contributed by atoms with Gasteiger partial charge in [0.25, 0.3) is 0 Å². The van der Waals surface area contributed by atoms with Gasteiger partial charge >= 0.3 is 0 Å². The molecule has 3 rings (SSSR count). The van der Waals surface area contributed by atoms with Gasteiger partial charge in [-0.15, -0.1) is 0 Å². The molecule has 0 aliphatic rings. The van der Waals surface area contributed by atoms with Crippen molar-refractivity contribution in [2.75, 3.05) is 19.5 Å². The first-order valence-electron chi connectivity index (χ1n) is 6.34. The van der Waals surface area contributed by atoms with Crippen LogP contribution in [-0.4, -0.2) is 39.9 Å². The molecule has 1 amide bonds. The van der Waals surface area contributed by atoms with Crippen molar-refractivity contribution in [3.05, 3.63) is 24.8 Å². The van der Waals surface area contributed by atoms with Crippen molar-refractivity contribution < 1.29 is 14.3 Å². The van der Waals surface area contributed by atoms with Crippen LogP contribution in [0.15, 0.2) is 24.8 Å². The van der Waals surface area contributed by atoms with Crippen molar-refractivity contribution in [2.45, 2.75) is 6.54 Å². The standard InChI is InChI=1S/C13H13N5O3S/c1-20-9-3-8-11(4-10(9)21-2)22-13(16-8)17-12(19)5-18-7-14-6-15-18/h3-4,6-7H,5H2,1-2H3,(H,16,17,19). The minimum absolute atomic E-state index is 0.0859. The van der Waals surface area contributed by atoms with Crippen LogP contribution in [-0.2, 0) is 11.3 Å². The number of amides is 1. The number of carbonyl (C=O) groups excluding carboxylic acids is 1. The smallest absolute Gasteiger partial charge is 0.247 e. The van der Waals surface area contributed by atoms with Gasteiger partial charge in [0.2, 0.25) is 5.91 Å². The molecule has 0 unspecified atom stereocenters. The van der Waals surface area contributed by atoms with Crippen LogP contribution in [0.2, 0.25) is 0 Å². The van der Waals surface area contributed by atoms with Crippen LogP contribution in [0.1, 0.15) is 0 Å². The molecule has 0 bridgehead atoms. The van der Waals surface area contributed by atoms with Gasteiger partial charge in [-0.2, -0.15) is 5.10 Å². The molecule has 0 fully saturated rings. The molecule has 1 aromatic carbocycles. The summed E-state index contributed by atoms with van der Waals surface area (Å²) in [6.07, 6.45) is 2.86. The van der Waals surface area contributed by atoms with E-state index < -0.39 is 0 Å². The molecule has 9 heteroatoms. The largest absolute Gasteiger partial charge is 0.493 e. The van der Waals surface area contributed by atoms with E-state index in [1.54, 1.807) is 20.3 Å². The van der Waals surface area contributed by atoms with Crippen LogP contribution in [0.25, 0.3) is 10.2 Å². The molecular weight excluding hydrogens is 306 g/mol. The summed E-state index contributed by atoms with van der Waals surface area (Å²) in [5, 5.41) is 7.13. The van der Waals surface area contributed by atoms with E-state index in [0.29, 0.717) is 16.6 Å². The highest BCUT2D eigenvalue weighted by Gasteiger charge is 2.12. The van der Waals surface area contributed by atoms with Gasteiger partial charge in [-0.1, -0.05) is 11.3 Å². The predicted octanol–water partition coefficient (Wildman–Crippen LogP) is 1.54. The summed E-state index contributed by atoms with van der Waals surface area (Å²) in [7, 11) is 3.14. The highest BCUT2D eigenvalue weighted by atomic mass is 32.1. The molecule has 22 heavy (non-hydrogen) atoms. The molecule has 2 aromatic heterocycles. The molecule has 0 saturated heterocycles. The number of rotatable bonds is 5. The fourth-order valence-electron chi connectivity index (χ4n) is 1.93. The molecule has 0 saturated carbocycles. The monoisotopic (exact) mass is 319 g/mol. The lowest BCUT2D eigenvalue weighted by atomic mass is 10.3. The fourth-order valence-corrected chi connectivity index (χ4v) is 2.82. The van der Waals surface area contributed by atoms with Crippen LogP contribution < -0.4 is 14.8 Å². The van der Waals surface area contributed by atoms with Crippen LogP contribution in [0.4, 0.5) is 5.13 Å². The number of ether oxygens (including phenoxy) is 2. The zero-order valence-electron chi connectivity index (χ0n) is 11.9. The number of nitrogens with one attached hydrogen (secondary N) is 1. The number of anilines is 1. The third-order valence-corrected chi connectivity index (χ3v) is 3.85. The number of methoxy groups -OCH3 is 2. The Balaban J connectivity index is 1.81. The molecule has 8 nitrogen and oxygen atoms in total. The van der Waals surface area contributed by atoms with Crippen molar-refractivity contribution >= 4 is 32.6 Å². The summed E-state index contributed by atoms with van der Waals surface area (Å²) in [6, 6.07) is 3.61. The molecule has 3 aromatic rings. The van der Waals surface area contributed by atoms with Crippen LogP contribution >= 0.6 is 11.3 Å². The number of hydrogen-bond donors (Lipinski definition) is 1. The normalized spacial score (nSPS) is 10.6. The van der Waals surface area contributed by atoms with Crippen LogP contribution in [0.5, 0.6) is 11.5 Å². The van der Waals surface area contributed by atoms with E-state index in [2.05, 4.69) is 20.4 Å². The maximum absolute atomic E-state index is 11.9. The number of aromatic nitrogens is 4. The second-order valence-corrected chi connectivity index (χ2v) is 5.37. The zero-order chi connectivity index (χ0) is 15.5. The maximum atomic E-state index is 11.9. The Kier molecular flexibility index (Phi) is 3.88. The van der Waals surface area contributed by atoms with Crippen molar-refractivity contribution in [3.8, 4) is 11.5 Å². The molecule has 2 heterocycles. The Hall–Kier alpha value is -2.68. The number of thiazole rings is 1. The summed E-state index contributed by atoms with van der Waals surface area (Å²) < 4.78 is 12.8. The summed E-state index contributed by atoms with van der Waals surface area (Å²) in [5.41, 5.74) is 0.735. The van der Waals surface area contributed by atoms with E-state index in [1.807, 2.05) is 6.07 Å². The van der Waals surface area contributed by atoms with E-state index in [1.165, 1.54) is 28.7 Å². The van der Waals surface area contributed by atoms with Gasteiger partial charge < -0.3 is 14.8 Å². The number of hydrogen-bond acceptors (Lipinski definition) is 7. The third-order valence-electron chi connectivity index (χ3n) is 2.91. The predicted molar refractivity (Wildman–Crippen MR) is 81.4 cm³/mol. The first-order valence-corrected chi connectivity index (χ1v) is 7.16. The third kappa shape index (κ3) is 2.84. The zero-order valence-corrected chi connectivity index (χ0v) is 12.8. The molecule has 0 aliphatic heterocycles. The summed E-state index contributed by atoms with van der Waals surface area (Å²) in [6.45, 7) is 0.0859. The maximum Gasteiger partial charge on any atom is 0.247 e. The van der Waals surface area contributed by atoms with Gasteiger partial charge in [-0.05, 0) is 0 Å². The van der Waals surface area contributed by atoms with Crippen LogP contribution in [0.3, 0.4) is 0 Å². The number of benzene rings is 1. The lowest BCUT2D eigenvalue weighted by Crippen LogP contribution is -2.18. The van der Waals surface area contributed by atoms with E-state index in [-0.39, 0.29) is 12.5 Å². The Labute approximate surface area is 129 Å². The molecule has 0 radical (unpaired) electrons. The van der Waals surface area contributed by atoms with E-state index in [9.17, 15) is 4.79 Å². The van der Waals surface area contributed by atoms with Gasteiger partial charge in [0.1, 0.15) is 19.2 Å². The van der Waals surface area contributed by atoms with Gasteiger partial charge in [0, 0.05) is 12.1 Å². The van der Waals surface area contributed by atoms with Crippen molar-refractivity contribution in [3.63, 3.8) is 0 Å². The average molecular weight is 319 g/mol. The van der Waals surface area contributed by atoms with E-state index in [0.717, 1.165) is 10.2 Å². The Morgan fingerprint density at radius 2 is 2.09 bits per heavy atom. The quantitative estimate of drug-likeness (QED) is 0.767. The minimum Gasteiger partial charge on any atom is -0.493 e. The first-order chi connectivity index (χ1) is 10.7. The lowest BCUT2D eigenvalue weighted by Gasteiger charge is -2.05. The molecule has 0 spiro atoms. The van der Waals surface area contributed by atoms with E-state index >= 15 is 0 Å².